The van der Waals surface area contributed by atoms with Gasteiger partial charge >= 0.3 is 0 Å². The fourth-order valence-electron chi connectivity index (χ4n) is 3.22. The third-order valence-electron chi connectivity index (χ3n) is 4.35. The smallest absolute Gasteiger partial charge is 0.269 e. The maximum absolute atomic E-state index is 12.1. The summed E-state index contributed by atoms with van der Waals surface area (Å²) in [4.78, 5) is 22.7. The lowest BCUT2D eigenvalue weighted by Gasteiger charge is -2.23. The van der Waals surface area contributed by atoms with E-state index in [0.29, 0.717) is 5.82 Å². The van der Waals surface area contributed by atoms with E-state index in [1.54, 1.807) is 6.07 Å². The average molecular weight is 334 g/mol. The van der Waals surface area contributed by atoms with Crippen molar-refractivity contribution in [3.05, 3.63) is 75.8 Å². The first kappa shape index (κ1) is 15.1. The average Bonchev–Trinajstić information content (AvgIpc) is 3.05. The van der Waals surface area contributed by atoms with Crippen molar-refractivity contribution in [2.24, 2.45) is 0 Å². The summed E-state index contributed by atoms with van der Waals surface area (Å²) in [5.41, 5.74) is 3.35. The second kappa shape index (κ2) is 5.86. The molecule has 0 saturated carbocycles. The number of nitro groups is 1. The van der Waals surface area contributed by atoms with Gasteiger partial charge in [-0.2, -0.15) is 5.10 Å². The van der Waals surface area contributed by atoms with Crippen molar-refractivity contribution >= 4 is 17.4 Å². The van der Waals surface area contributed by atoms with Crippen LogP contribution in [0.2, 0.25) is 0 Å². The number of anilines is 1. The quantitative estimate of drug-likeness (QED) is 0.566. The minimum Gasteiger partial charge on any atom is -0.309 e. The van der Waals surface area contributed by atoms with Crippen LogP contribution in [-0.2, 0) is 4.79 Å². The molecule has 0 fully saturated rings. The fourth-order valence-corrected chi connectivity index (χ4v) is 3.22. The van der Waals surface area contributed by atoms with Gasteiger partial charge in [0.05, 0.1) is 10.6 Å². The van der Waals surface area contributed by atoms with E-state index < -0.39 is 4.92 Å². The number of nitrogens with zero attached hydrogens (tertiary/aromatic N) is 2. The van der Waals surface area contributed by atoms with Crippen LogP contribution in [0.4, 0.5) is 11.5 Å². The summed E-state index contributed by atoms with van der Waals surface area (Å²) in [5.74, 6) is 0.0272. The van der Waals surface area contributed by atoms with Gasteiger partial charge in [0.15, 0.2) is 5.82 Å². The molecular formula is C18H14N4O3. The predicted molar refractivity (Wildman–Crippen MR) is 92.2 cm³/mol. The molecule has 4 rings (SSSR count). The van der Waals surface area contributed by atoms with Gasteiger partial charge in [-0.15, -0.1) is 0 Å². The Hall–Kier alpha value is -3.48. The first-order chi connectivity index (χ1) is 12.1. The number of benzene rings is 2. The Morgan fingerprint density at radius 3 is 2.68 bits per heavy atom. The van der Waals surface area contributed by atoms with Crippen molar-refractivity contribution < 1.29 is 9.72 Å². The van der Waals surface area contributed by atoms with Crippen molar-refractivity contribution in [1.82, 2.24) is 10.2 Å². The lowest BCUT2D eigenvalue weighted by molar-refractivity contribution is -0.384. The minimum absolute atomic E-state index is 0.00906. The number of nitrogens with one attached hydrogen (secondary N) is 2. The zero-order valence-corrected chi connectivity index (χ0v) is 13.1. The number of rotatable bonds is 3. The number of hydrogen-bond acceptors (Lipinski definition) is 4. The summed E-state index contributed by atoms with van der Waals surface area (Å²) in [6.45, 7) is 0. The molecule has 1 aliphatic rings. The van der Waals surface area contributed by atoms with Gasteiger partial charge in [-0.1, -0.05) is 42.5 Å². The first-order valence-electron chi connectivity index (χ1n) is 7.81. The molecule has 2 aromatic carbocycles. The van der Waals surface area contributed by atoms with E-state index in [0.717, 1.165) is 22.4 Å². The first-order valence-corrected chi connectivity index (χ1v) is 7.81. The van der Waals surface area contributed by atoms with Crippen LogP contribution in [0, 0.1) is 10.1 Å². The van der Waals surface area contributed by atoms with Crippen LogP contribution in [0.1, 0.15) is 23.5 Å². The molecule has 1 amide bonds. The molecule has 1 unspecified atom stereocenters. The predicted octanol–water partition coefficient (Wildman–Crippen LogP) is 3.46. The van der Waals surface area contributed by atoms with E-state index in [2.05, 4.69) is 15.5 Å². The zero-order chi connectivity index (χ0) is 17.4. The van der Waals surface area contributed by atoms with Crippen molar-refractivity contribution in [1.29, 1.82) is 0 Å². The maximum Gasteiger partial charge on any atom is 0.269 e. The Kier molecular flexibility index (Phi) is 3.53. The molecular weight excluding hydrogens is 320 g/mol. The summed E-state index contributed by atoms with van der Waals surface area (Å²) in [5, 5.41) is 21.1. The van der Waals surface area contributed by atoms with Crippen LogP contribution in [-0.4, -0.2) is 21.0 Å². The molecule has 0 saturated heterocycles. The van der Waals surface area contributed by atoms with E-state index in [-0.39, 0.29) is 23.9 Å². The van der Waals surface area contributed by atoms with Crippen molar-refractivity contribution in [2.45, 2.75) is 12.3 Å². The number of fused-ring (bicyclic) bond motifs is 1. The molecule has 1 aliphatic heterocycles. The van der Waals surface area contributed by atoms with Crippen LogP contribution >= 0.6 is 0 Å². The normalized spacial score (nSPS) is 16.2. The van der Waals surface area contributed by atoms with Gasteiger partial charge in [0.2, 0.25) is 5.91 Å². The lowest BCUT2D eigenvalue weighted by Crippen LogP contribution is -2.23. The van der Waals surface area contributed by atoms with Crippen LogP contribution in [0.5, 0.6) is 0 Å². The number of amides is 1. The Labute approximate surface area is 142 Å². The number of aromatic amines is 1. The Bertz CT molecular complexity index is 965. The van der Waals surface area contributed by atoms with Crippen LogP contribution in [0.3, 0.4) is 0 Å². The SMILES string of the molecule is O=C1CC(c2cccc([N+](=O)[O-])c2)c2c(n[nH]c2-c2ccccc2)N1. The van der Waals surface area contributed by atoms with Gasteiger partial charge in [0, 0.05) is 30.0 Å². The van der Waals surface area contributed by atoms with E-state index in [4.69, 9.17) is 0 Å². The standard InChI is InChI=1S/C18H14N4O3/c23-15-10-14(12-7-4-8-13(9-12)22(24)25)16-17(20-21-18(16)19-15)11-5-2-1-3-6-11/h1-9,14H,10H2,(H2,19,20,21,23). The van der Waals surface area contributed by atoms with Crippen molar-refractivity contribution in [3.63, 3.8) is 0 Å². The van der Waals surface area contributed by atoms with E-state index in [9.17, 15) is 14.9 Å². The van der Waals surface area contributed by atoms with E-state index >= 15 is 0 Å². The third kappa shape index (κ3) is 2.65. The largest absolute Gasteiger partial charge is 0.309 e. The summed E-state index contributed by atoms with van der Waals surface area (Å²) in [6, 6.07) is 16.1. The highest BCUT2D eigenvalue weighted by Crippen LogP contribution is 2.42. The number of hydrogen-bond donors (Lipinski definition) is 2. The molecule has 2 N–H and O–H groups in total. The van der Waals surface area contributed by atoms with Crippen LogP contribution in [0.15, 0.2) is 54.6 Å². The number of H-pyrrole nitrogens is 1. The number of carbonyl (C=O) groups is 1. The number of carbonyl (C=O) groups excluding carboxylic acids is 1. The number of aromatic nitrogens is 2. The van der Waals surface area contributed by atoms with Gasteiger partial charge in [-0.3, -0.25) is 20.0 Å². The number of nitro benzene ring substituents is 1. The minimum atomic E-state index is -0.430. The molecule has 1 aromatic heterocycles. The van der Waals surface area contributed by atoms with Crippen molar-refractivity contribution in [3.8, 4) is 11.3 Å². The molecule has 124 valence electrons. The van der Waals surface area contributed by atoms with Gasteiger partial charge in [-0.25, -0.2) is 0 Å². The fraction of sp³-hybridized carbons (Fsp3) is 0.111. The lowest BCUT2D eigenvalue weighted by atomic mass is 9.84. The van der Waals surface area contributed by atoms with Crippen LogP contribution in [0.25, 0.3) is 11.3 Å². The molecule has 25 heavy (non-hydrogen) atoms. The highest BCUT2D eigenvalue weighted by Gasteiger charge is 2.32. The van der Waals surface area contributed by atoms with E-state index in [1.807, 2.05) is 36.4 Å². The number of non-ortho nitro benzene ring substituents is 1. The highest BCUT2D eigenvalue weighted by molar-refractivity contribution is 5.96. The zero-order valence-electron chi connectivity index (χ0n) is 13.1. The maximum atomic E-state index is 12.1. The molecule has 7 nitrogen and oxygen atoms in total. The Morgan fingerprint density at radius 1 is 1.12 bits per heavy atom. The van der Waals surface area contributed by atoms with Gasteiger partial charge in [-0.05, 0) is 11.1 Å². The van der Waals surface area contributed by atoms with Gasteiger partial charge in [0.1, 0.15) is 0 Å². The summed E-state index contributed by atoms with van der Waals surface area (Å²) in [6.07, 6.45) is 0.216. The monoisotopic (exact) mass is 334 g/mol. The molecule has 0 aliphatic carbocycles. The van der Waals surface area contributed by atoms with Gasteiger partial charge in [0.25, 0.3) is 5.69 Å². The second-order valence-electron chi connectivity index (χ2n) is 5.88. The molecule has 3 aromatic rings. The summed E-state index contributed by atoms with van der Waals surface area (Å²) in [7, 11) is 0. The molecule has 2 heterocycles. The molecule has 0 bridgehead atoms. The van der Waals surface area contributed by atoms with Crippen molar-refractivity contribution in [2.75, 3.05) is 5.32 Å². The van der Waals surface area contributed by atoms with Gasteiger partial charge < -0.3 is 5.32 Å². The third-order valence-corrected chi connectivity index (χ3v) is 4.35. The topological polar surface area (TPSA) is 101 Å². The molecule has 1 atom stereocenters. The Morgan fingerprint density at radius 2 is 1.92 bits per heavy atom. The molecule has 0 spiro atoms. The summed E-state index contributed by atoms with van der Waals surface area (Å²) >= 11 is 0. The van der Waals surface area contributed by atoms with E-state index in [1.165, 1.54) is 12.1 Å². The highest BCUT2D eigenvalue weighted by atomic mass is 16.6. The summed E-state index contributed by atoms with van der Waals surface area (Å²) < 4.78 is 0. The Balaban J connectivity index is 1.87. The second-order valence-corrected chi connectivity index (χ2v) is 5.88. The molecule has 7 heteroatoms. The van der Waals surface area contributed by atoms with Crippen LogP contribution < -0.4 is 5.32 Å². The molecule has 0 radical (unpaired) electrons.